The van der Waals surface area contributed by atoms with E-state index in [1.807, 2.05) is 0 Å². The van der Waals surface area contributed by atoms with Crippen molar-refractivity contribution in [1.82, 2.24) is 9.80 Å². The van der Waals surface area contributed by atoms with Crippen LogP contribution in [0.25, 0.3) is 0 Å². The van der Waals surface area contributed by atoms with Gasteiger partial charge in [-0.05, 0) is 13.8 Å². The van der Waals surface area contributed by atoms with Gasteiger partial charge in [0.15, 0.2) is 9.84 Å². The van der Waals surface area contributed by atoms with Crippen LogP contribution in [0.1, 0.15) is 20.3 Å². The summed E-state index contributed by atoms with van der Waals surface area (Å²) in [5.41, 5.74) is -1.09. The van der Waals surface area contributed by atoms with Crippen LogP contribution in [-0.2, 0) is 14.6 Å². The monoisotopic (exact) mass is 322 g/mol. The number of hydrogen-bond donors (Lipinski definition) is 2. The number of carboxylic acids is 1. The number of urea groups is 1. The molecule has 21 heavy (non-hydrogen) atoms. The van der Waals surface area contributed by atoms with Gasteiger partial charge < -0.3 is 20.0 Å². The molecule has 9 heteroatoms. The number of sulfone groups is 1. The van der Waals surface area contributed by atoms with E-state index in [1.54, 1.807) is 13.8 Å². The van der Waals surface area contributed by atoms with Crippen LogP contribution < -0.4 is 0 Å². The number of nitrogens with zero attached hydrogens (tertiary/aromatic N) is 2. The van der Waals surface area contributed by atoms with E-state index in [-0.39, 0.29) is 24.6 Å². The minimum atomic E-state index is -3.33. The smallest absolute Gasteiger partial charge is 0.320 e. The number of rotatable bonds is 4. The number of carbonyl (C=O) groups excluding carboxylic acids is 1. The number of amides is 2. The quantitative estimate of drug-likeness (QED) is 0.713. The summed E-state index contributed by atoms with van der Waals surface area (Å²) >= 11 is 0. The predicted molar refractivity (Wildman–Crippen MR) is 75.7 cm³/mol. The number of carboxylic acid groups (broad SMARTS) is 1. The van der Waals surface area contributed by atoms with Gasteiger partial charge in [-0.3, -0.25) is 4.79 Å². The van der Waals surface area contributed by atoms with Gasteiger partial charge in [-0.25, -0.2) is 13.2 Å². The fourth-order valence-corrected chi connectivity index (χ4v) is 3.90. The summed E-state index contributed by atoms with van der Waals surface area (Å²) < 4.78 is 23.2. The first kappa shape index (κ1) is 17.7. The second-order valence-electron chi connectivity index (χ2n) is 6.01. The van der Waals surface area contributed by atoms with Crippen LogP contribution in [-0.4, -0.2) is 83.7 Å². The Balaban J connectivity index is 2.87. The topological polar surface area (TPSA) is 115 Å². The third-order valence-electron chi connectivity index (χ3n) is 3.14. The molecular formula is C12H22N2O6S. The number of likely N-dealkylation sites (N-methyl/N-ethyl adjacent to an activating group) is 1. The fraction of sp³-hybridized carbons (Fsp3) is 0.833. The summed E-state index contributed by atoms with van der Waals surface area (Å²) in [5.74, 6) is -1.67. The first-order valence-electron chi connectivity index (χ1n) is 6.57. The molecule has 0 saturated carbocycles. The molecule has 1 aliphatic heterocycles. The van der Waals surface area contributed by atoms with Gasteiger partial charge in [0.25, 0.3) is 0 Å². The third kappa shape index (κ3) is 5.50. The van der Waals surface area contributed by atoms with E-state index in [1.165, 1.54) is 16.8 Å². The molecule has 1 rings (SSSR count). The van der Waals surface area contributed by atoms with E-state index in [0.29, 0.717) is 0 Å². The lowest BCUT2D eigenvalue weighted by atomic mass is 10.1. The zero-order chi connectivity index (χ0) is 16.4. The maximum atomic E-state index is 12.3. The third-order valence-corrected chi connectivity index (χ3v) is 4.83. The molecular weight excluding hydrogens is 300 g/mol. The lowest BCUT2D eigenvalue weighted by Crippen LogP contribution is -2.56. The normalized spacial score (nSPS) is 21.9. The van der Waals surface area contributed by atoms with E-state index in [4.69, 9.17) is 5.11 Å². The van der Waals surface area contributed by atoms with Crippen LogP contribution >= 0.6 is 0 Å². The molecule has 0 radical (unpaired) electrons. The molecule has 2 N–H and O–H groups in total. The largest absolute Gasteiger partial charge is 0.481 e. The Morgan fingerprint density at radius 3 is 2.43 bits per heavy atom. The number of aliphatic hydroxyl groups is 1. The minimum absolute atomic E-state index is 0.0324. The zero-order valence-electron chi connectivity index (χ0n) is 12.4. The summed E-state index contributed by atoms with van der Waals surface area (Å²) in [6.45, 7) is 3.13. The van der Waals surface area contributed by atoms with Crippen LogP contribution in [0, 0.1) is 0 Å². The second kappa shape index (κ2) is 6.18. The summed E-state index contributed by atoms with van der Waals surface area (Å²) in [4.78, 5) is 25.7. The SMILES string of the molecule is CN(CC(C)(C)O)C(=O)N1CCS(=O)(=O)CC1CC(=O)O. The summed E-state index contributed by atoms with van der Waals surface area (Å²) in [6.07, 6.45) is -0.415. The molecule has 0 spiro atoms. The average Bonchev–Trinajstić information content (AvgIpc) is 2.23. The van der Waals surface area contributed by atoms with E-state index >= 15 is 0 Å². The first-order chi connectivity index (χ1) is 9.41. The molecule has 1 fully saturated rings. The van der Waals surface area contributed by atoms with Crippen molar-refractivity contribution in [3.8, 4) is 0 Å². The van der Waals surface area contributed by atoms with Gasteiger partial charge in [0.05, 0.1) is 36.1 Å². The molecule has 122 valence electrons. The second-order valence-corrected chi connectivity index (χ2v) is 8.24. The van der Waals surface area contributed by atoms with Crippen molar-refractivity contribution in [2.24, 2.45) is 0 Å². The molecule has 0 aliphatic carbocycles. The van der Waals surface area contributed by atoms with Crippen molar-refractivity contribution in [3.05, 3.63) is 0 Å². The van der Waals surface area contributed by atoms with Crippen LogP contribution in [0.15, 0.2) is 0 Å². The highest BCUT2D eigenvalue weighted by Gasteiger charge is 2.37. The van der Waals surface area contributed by atoms with Gasteiger partial charge in [0, 0.05) is 13.6 Å². The van der Waals surface area contributed by atoms with Crippen molar-refractivity contribution in [3.63, 3.8) is 0 Å². The molecule has 0 bridgehead atoms. The van der Waals surface area contributed by atoms with Crippen molar-refractivity contribution < 1.29 is 28.2 Å². The van der Waals surface area contributed by atoms with Crippen LogP contribution in [0.4, 0.5) is 4.79 Å². The van der Waals surface area contributed by atoms with E-state index in [9.17, 15) is 23.1 Å². The molecule has 8 nitrogen and oxygen atoms in total. The van der Waals surface area contributed by atoms with E-state index < -0.39 is 39.9 Å². The van der Waals surface area contributed by atoms with Crippen molar-refractivity contribution in [2.45, 2.75) is 31.9 Å². The minimum Gasteiger partial charge on any atom is -0.481 e. The Hall–Kier alpha value is -1.35. The lowest BCUT2D eigenvalue weighted by molar-refractivity contribution is -0.138. The highest BCUT2D eigenvalue weighted by Crippen LogP contribution is 2.17. The number of carbonyl (C=O) groups is 2. The maximum Gasteiger partial charge on any atom is 0.320 e. The highest BCUT2D eigenvalue weighted by molar-refractivity contribution is 7.91. The molecule has 0 aromatic rings. The molecule has 2 amide bonds. The Morgan fingerprint density at radius 1 is 1.38 bits per heavy atom. The maximum absolute atomic E-state index is 12.3. The molecule has 1 atom stereocenters. The van der Waals surface area contributed by atoms with Gasteiger partial charge in [-0.1, -0.05) is 0 Å². The van der Waals surface area contributed by atoms with Crippen LogP contribution in [0.5, 0.6) is 0 Å². The number of aliphatic carboxylic acids is 1. The molecule has 0 aromatic carbocycles. The molecule has 1 saturated heterocycles. The Kier molecular flexibility index (Phi) is 5.21. The Labute approximate surface area is 124 Å². The summed E-state index contributed by atoms with van der Waals surface area (Å²) in [7, 11) is -1.84. The molecule has 0 aromatic heterocycles. The van der Waals surface area contributed by atoms with Crippen molar-refractivity contribution in [1.29, 1.82) is 0 Å². The van der Waals surface area contributed by atoms with Gasteiger partial charge in [0.1, 0.15) is 0 Å². The highest BCUT2D eigenvalue weighted by atomic mass is 32.2. The first-order valence-corrected chi connectivity index (χ1v) is 8.40. The van der Waals surface area contributed by atoms with Crippen LogP contribution in [0.2, 0.25) is 0 Å². The lowest BCUT2D eigenvalue weighted by Gasteiger charge is -2.38. The molecule has 1 heterocycles. The average molecular weight is 322 g/mol. The van der Waals surface area contributed by atoms with Gasteiger partial charge in [0.2, 0.25) is 0 Å². The van der Waals surface area contributed by atoms with Crippen LogP contribution in [0.3, 0.4) is 0 Å². The Morgan fingerprint density at radius 2 is 1.95 bits per heavy atom. The fourth-order valence-electron chi connectivity index (χ4n) is 2.38. The van der Waals surface area contributed by atoms with E-state index in [2.05, 4.69) is 0 Å². The summed E-state index contributed by atoms with van der Waals surface area (Å²) in [6, 6.07) is -1.35. The Bertz CT molecular complexity index is 510. The standard InChI is InChI=1S/C12H22N2O6S/c1-12(2,18)8-13(3)11(17)14-4-5-21(19,20)7-9(14)6-10(15)16/h9,18H,4-8H2,1-3H3,(H,15,16). The van der Waals surface area contributed by atoms with Gasteiger partial charge >= 0.3 is 12.0 Å². The summed E-state index contributed by atoms with van der Waals surface area (Å²) in [5, 5.41) is 18.6. The van der Waals surface area contributed by atoms with Crippen molar-refractivity contribution in [2.75, 3.05) is 31.6 Å². The molecule has 1 aliphatic rings. The molecule has 1 unspecified atom stereocenters. The van der Waals surface area contributed by atoms with Gasteiger partial charge in [-0.2, -0.15) is 0 Å². The van der Waals surface area contributed by atoms with E-state index in [0.717, 1.165) is 0 Å². The van der Waals surface area contributed by atoms with Gasteiger partial charge in [-0.15, -0.1) is 0 Å². The number of hydrogen-bond acceptors (Lipinski definition) is 5. The zero-order valence-corrected chi connectivity index (χ0v) is 13.3. The predicted octanol–water partition coefficient (Wildman–Crippen LogP) is -0.617. The van der Waals surface area contributed by atoms with Crippen molar-refractivity contribution >= 4 is 21.8 Å².